The average molecular weight is 440 g/mol. The van der Waals surface area contributed by atoms with E-state index in [0.29, 0.717) is 18.1 Å². The summed E-state index contributed by atoms with van der Waals surface area (Å²) in [5.41, 5.74) is 4.37. The van der Waals surface area contributed by atoms with Crippen molar-refractivity contribution in [2.75, 3.05) is 10.6 Å². The van der Waals surface area contributed by atoms with E-state index in [0.717, 1.165) is 32.6 Å². The molecule has 144 valence electrons. The number of carbonyl (C=O) groups excluding carboxylic acids is 1. The molecule has 1 aromatic heterocycles. The molecule has 0 spiro atoms. The molecule has 2 aromatic carbocycles. The summed E-state index contributed by atoms with van der Waals surface area (Å²) >= 11 is 3.38. The Morgan fingerprint density at radius 1 is 0.964 bits per heavy atom. The Hall–Kier alpha value is -2.86. The van der Waals surface area contributed by atoms with E-state index in [4.69, 9.17) is 4.74 Å². The van der Waals surface area contributed by atoms with E-state index in [1.165, 1.54) is 0 Å². The first-order chi connectivity index (χ1) is 13.4. The number of urea groups is 1. The van der Waals surface area contributed by atoms with Gasteiger partial charge in [-0.2, -0.15) is 0 Å². The Bertz CT molecular complexity index is 973. The largest absolute Gasteiger partial charge is 0.487 e. The van der Waals surface area contributed by atoms with Crippen molar-refractivity contribution in [2.24, 2.45) is 0 Å². The maximum atomic E-state index is 12.3. The molecule has 3 aromatic rings. The molecule has 0 radical (unpaired) electrons. The van der Waals surface area contributed by atoms with Crippen molar-refractivity contribution in [2.45, 2.75) is 27.4 Å². The molecule has 0 aliphatic heterocycles. The fourth-order valence-corrected chi connectivity index (χ4v) is 3.05. The third-order valence-corrected chi connectivity index (χ3v) is 4.96. The van der Waals surface area contributed by atoms with E-state index in [1.54, 1.807) is 0 Å². The van der Waals surface area contributed by atoms with Crippen LogP contribution in [0.5, 0.6) is 5.75 Å². The third-order valence-electron chi connectivity index (χ3n) is 4.43. The van der Waals surface area contributed by atoms with E-state index in [1.807, 2.05) is 75.4 Å². The van der Waals surface area contributed by atoms with Gasteiger partial charge in [0, 0.05) is 10.2 Å². The maximum absolute atomic E-state index is 12.3. The molecule has 0 aliphatic rings. The van der Waals surface area contributed by atoms with Gasteiger partial charge in [-0.05, 0) is 61.7 Å². The van der Waals surface area contributed by atoms with E-state index in [-0.39, 0.29) is 6.03 Å². The first kappa shape index (κ1) is 19.9. The van der Waals surface area contributed by atoms with Crippen LogP contribution < -0.4 is 15.4 Å². The Balaban J connectivity index is 1.72. The number of rotatable bonds is 5. The Kier molecular flexibility index (Phi) is 6.31. The maximum Gasteiger partial charge on any atom is 0.324 e. The molecule has 3 rings (SSSR count). The average Bonchev–Trinajstić information content (AvgIpc) is 2.68. The zero-order valence-electron chi connectivity index (χ0n) is 16.0. The lowest BCUT2D eigenvalue weighted by atomic mass is 10.1. The van der Waals surface area contributed by atoms with Crippen molar-refractivity contribution < 1.29 is 9.53 Å². The number of anilines is 2. The lowest BCUT2D eigenvalue weighted by Crippen LogP contribution is -2.21. The monoisotopic (exact) mass is 439 g/mol. The number of ether oxygens (including phenoxy) is 1. The molecule has 0 saturated carbocycles. The molecule has 0 unspecified atom stereocenters. The van der Waals surface area contributed by atoms with Crippen LogP contribution in [-0.4, -0.2) is 11.0 Å². The van der Waals surface area contributed by atoms with Crippen LogP contribution in [0.25, 0.3) is 0 Å². The van der Waals surface area contributed by atoms with Crippen molar-refractivity contribution in [3.05, 3.63) is 81.5 Å². The number of hydrogen-bond donors (Lipinski definition) is 2. The Morgan fingerprint density at radius 3 is 2.32 bits per heavy atom. The lowest BCUT2D eigenvalue weighted by molar-refractivity contribution is 0.262. The fourth-order valence-electron chi connectivity index (χ4n) is 2.79. The van der Waals surface area contributed by atoms with E-state index in [2.05, 4.69) is 31.5 Å². The van der Waals surface area contributed by atoms with Gasteiger partial charge in [-0.15, -0.1) is 0 Å². The smallest absolute Gasteiger partial charge is 0.324 e. The molecule has 1 heterocycles. The topological polar surface area (TPSA) is 63.2 Å². The number of nitrogens with zero attached hydrogens (tertiary/aromatic N) is 1. The number of nitrogens with one attached hydrogen (secondary N) is 2. The number of aryl methyl sites for hydroxylation is 1. The molecule has 5 nitrogen and oxygen atoms in total. The third kappa shape index (κ3) is 4.89. The van der Waals surface area contributed by atoms with Gasteiger partial charge >= 0.3 is 6.03 Å². The second-order valence-electron chi connectivity index (χ2n) is 6.49. The van der Waals surface area contributed by atoms with Gasteiger partial charge in [0.15, 0.2) is 0 Å². The summed E-state index contributed by atoms with van der Waals surface area (Å²) < 4.78 is 6.96. The Labute approximate surface area is 173 Å². The van der Waals surface area contributed by atoms with Gasteiger partial charge in [-0.1, -0.05) is 46.3 Å². The molecule has 6 heteroatoms. The minimum atomic E-state index is -0.338. The second-order valence-corrected chi connectivity index (χ2v) is 7.40. The van der Waals surface area contributed by atoms with Crippen LogP contribution in [-0.2, 0) is 6.61 Å². The molecule has 2 amide bonds. The van der Waals surface area contributed by atoms with Crippen molar-refractivity contribution in [3.8, 4) is 5.75 Å². The van der Waals surface area contributed by atoms with Gasteiger partial charge in [-0.25, -0.2) is 9.78 Å². The molecule has 0 atom stereocenters. The highest BCUT2D eigenvalue weighted by Crippen LogP contribution is 2.29. The van der Waals surface area contributed by atoms with E-state index in [9.17, 15) is 4.79 Å². The van der Waals surface area contributed by atoms with Gasteiger partial charge in [0.05, 0.1) is 5.69 Å². The van der Waals surface area contributed by atoms with Gasteiger partial charge in [0.2, 0.25) is 0 Å². The van der Waals surface area contributed by atoms with Crippen molar-refractivity contribution in [3.63, 3.8) is 0 Å². The van der Waals surface area contributed by atoms with E-state index >= 15 is 0 Å². The van der Waals surface area contributed by atoms with Crippen LogP contribution in [0, 0.1) is 20.8 Å². The number of halogens is 1. The summed E-state index contributed by atoms with van der Waals surface area (Å²) in [5.74, 6) is 1.27. The second kappa shape index (κ2) is 8.89. The van der Waals surface area contributed by atoms with Gasteiger partial charge < -0.3 is 10.1 Å². The van der Waals surface area contributed by atoms with Crippen molar-refractivity contribution in [1.82, 2.24) is 4.98 Å². The molecular formula is C22H22BrN3O2. The zero-order chi connectivity index (χ0) is 20.1. The summed E-state index contributed by atoms with van der Waals surface area (Å²) in [6.45, 7) is 6.25. The summed E-state index contributed by atoms with van der Waals surface area (Å²) in [7, 11) is 0. The number of carbonyl (C=O) groups is 1. The normalized spacial score (nSPS) is 10.4. The Morgan fingerprint density at radius 2 is 1.64 bits per heavy atom. The summed E-state index contributed by atoms with van der Waals surface area (Å²) in [6.07, 6.45) is 0. The molecule has 0 saturated heterocycles. The van der Waals surface area contributed by atoms with Crippen LogP contribution in [0.4, 0.5) is 16.3 Å². The highest BCUT2D eigenvalue weighted by Gasteiger charge is 2.15. The highest BCUT2D eigenvalue weighted by atomic mass is 79.9. The van der Waals surface area contributed by atoms with Crippen molar-refractivity contribution in [1.29, 1.82) is 0 Å². The predicted octanol–water partition coefficient (Wildman–Crippen LogP) is 5.99. The minimum Gasteiger partial charge on any atom is -0.487 e. The number of hydrogen-bond acceptors (Lipinski definition) is 3. The quantitative estimate of drug-likeness (QED) is 0.512. The fraction of sp³-hybridized carbons (Fsp3) is 0.182. The van der Waals surface area contributed by atoms with Crippen LogP contribution in [0.2, 0.25) is 0 Å². The first-order valence-corrected chi connectivity index (χ1v) is 9.71. The predicted molar refractivity (Wildman–Crippen MR) is 116 cm³/mol. The van der Waals surface area contributed by atoms with E-state index < -0.39 is 0 Å². The number of pyridine rings is 1. The molecule has 2 N–H and O–H groups in total. The molecular weight excluding hydrogens is 418 g/mol. The summed E-state index contributed by atoms with van der Waals surface area (Å²) in [4.78, 5) is 16.9. The number of amides is 2. The van der Waals surface area contributed by atoms with Crippen LogP contribution in [0.1, 0.15) is 22.4 Å². The minimum absolute atomic E-state index is 0.338. The lowest BCUT2D eigenvalue weighted by Gasteiger charge is -2.17. The van der Waals surface area contributed by atoms with Crippen molar-refractivity contribution >= 4 is 33.5 Å². The molecule has 0 aliphatic carbocycles. The van der Waals surface area contributed by atoms with Gasteiger partial charge in [-0.3, -0.25) is 5.32 Å². The number of aromatic nitrogens is 1. The van der Waals surface area contributed by atoms with Gasteiger partial charge in [0.25, 0.3) is 0 Å². The zero-order valence-corrected chi connectivity index (χ0v) is 17.6. The summed E-state index contributed by atoms with van der Waals surface area (Å²) in [6, 6.07) is 17.0. The summed E-state index contributed by atoms with van der Waals surface area (Å²) in [5, 5.41) is 5.63. The first-order valence-electron chi connectivity index (χ1n) is 8.92. The molecule has 0 fully saturated rings. The van der Waals surface area contributed by atoms with Crippen LogP contribution in [0.15, 0.2) is 59.1 Å². The molecule has 0 bridgehead atoms. The van der Waals surface area contributed by atoms with Crippen LogP contribution in [0.3, 0.4) is 0 Å². The number of benzene rings is 2. The SMILES string of the molecule is Cc1nc(NC(=O)Nc2ccc(Br)cc2)c(C)c(C)c1OCc1ccccc1. The molecule has 28 heavy (non-hydrogen) atoms. The van der Waals surface area contributed by atoms with Gasteiger partial charge in [0.1, 0.15) is 18.2 Å². The standard InChI is InChI=1S/C22H22BrN3O2/c1-14-15(2)21(26-22(27)25-19-11-9-18(23)10-12-19)24-16(3)20(14)28-13-17-7-5-4-6-8-17/h4-12H,13H2,1-3H3,(H2,24,25,26,27). The van der Waals surface area contributed by atoms with Crippen LogP contribution >= 0.6 is 15.9 Å². The highest BCUT2D eigenvalue weighted by molar-refractivity contribution is 9.10.